The van der Waals surface area contributed by atoms with E-state index < -0.39 is 5.97 Å². The SMILES string of the molecule is CC(C)N(CCOc1ccc(C#N)cc1)CCC(=O)O. The van der Waals surface area contributed by atoms with Crippen molar-refractivity contribution in [3.8, 4) is 11.8 Å². The van der Waals surface area contributed by atoms with Gasteiger partial charge in [0.05, 0.1) is 18.1 Å². The molecule has 0 fully saturated rings. The Balaban J connectivity index is 2.39. The maximum absolute atomic E-state index is 10.6. The predicted octanol–water partition coefficient (Wildman–Crippen LogP) is 2.12. The molecule has 0 radical (unpaired) electrons. The van der Waals surface area contributed by atoms with Crippen LogP contribution in [-0.2, 0) is 4.79 Å². The van der Waals surface area contributed by atoms with Crippen molar-refractivity contribution < 1.29 is 14.6 Å². The van der Waals surface area contributed by atoms with E-state index in [1.54, 1.807) is 24.3 Å². The first-order valence-electron chi connectivity index (χ1n) is 6.61. The average molecular weight is 276 g/mol. The molecule has 108 valence electrons. The van der Waals surface area contributed by atoms with E-state index in [4.69, 9.17) is 15.1 Å². The number of nitriles is 1. The quantitative estimate of drug-likeness (QED) is 0.787. The van der Waals surface area contributed by atoms with Crippen LogP contribution in [0.3, 0.4) is 0 Å². The number of carboxylic acids is 1. The molecule has 0 bridgehead atoms. The molecular formula is C15H20N2O3. The molecule has 0 amide bonds. The summed E-state index contributed by atoms with van der Waals surface area (Å²) in [6, 6.07) is 9.26. The highest BCUT2D eigenvalue weighted by Gasteiger charge is 2.11. The van der Waals surface area contributed by atoms with Crippen LogP contribution in [-0.4, -0.2) is 41.7 Å². The monoisotopic (exact) mass is 276 g/mol. The van der Waals surface area contributed by atoms with Crippen molar-refractivity contribution in [2.45, 2.75) is 26.3 Å². The van der Waals surface area contributed by atoms with Crippen molar-refractivity contribution in [2.24, 2.45) is 0 Å². The van der Waals surface area contributed by atoms with Crippen LogP contribution < -0.4 is 4.74 Å². The van der Waals surface area contributed by atoms with E-state index in [1.165, 1.54) is 0 Å². The highest BCUT2D eigenvalue weighted by atomic mass is 16.5. The number of ether oxygens (including phenoxy) is 1. The summed E-state index contributed by atoms with van der Waals surface area (Å²) in [7, 11) is 0. The second kappa shape index (κ2) is 8.18. The number of nitrogens with zero attached hydrogens (tertiary/aromatic N) is 2. The van der Waals surface area contributed by atoms with Crippen molar-refractivity contribution in [1.82, 2.24) is 4.90 Å². The fourth-order valence-corrected chi connectivity index (χ4v) is 1.77. The molecule has 20 heavy (non-hydrogen) atoms. The van der Waals surface area contributed by atoms with Gasteiger partial charge in [0.15, 0.2) is 0 Å². The minimum absolute atomic E-state index is 0.134. The number of carbonyl (C=O) groups is 1. The second-order valence-electron chi connectivity index (χ2n) is 4.76. The molecule has 0 aliphatic rings. The molecule has 5 nitrogen and oxygen atoms in total. The molecule has 0 spiro atoms. The van der Waals surface area contributed by atoms with Crippen LogP contribution in [0.15, 0.2) is 24.3 Å². The molecule has 1 rings (SSSR count). The largest absolute Gasteiger partial charge is 0.492 e. The van der Waals surface area contributed by atoms with Gasteiger partial charge >= 0.3 is 5.97 Å². The van der Waals surface area contributed by atoms with Crippen LogP contribution in [0.2, 0.25) is 0 Å². The predicted molar refractivity (Wildman–Crippen MR) is 75.6 cm³/mol. The molecule has 0 saturated carbocycles. The number of hydrogen-bond acceptors (Lipinski definition) is 4. The molecular weight excluding hydrogens is 256 g/mol. The van der Waals surface area contributed by atoms with E-state index in [9.17, 15) is 4.79 Å². The molecule has 0 aromatic heterocycles. The van der Waals surface area contributed by atoms with Crippen molar-refractivity contribution >= 4 is 5.97 Å². The maximum atomic E-state index is 10.6. The van der Waals surface area contributed by atoms with Crippen molar-refractivity contribution in [3.05, 3.63) is 29.8 Å². The maximum Gasteiger partial charge on any atom is 0.304 e. The van der Waals surface area contributed by atoms with E-state index >= 15 is 0 Å². The summed E-state index contributed by atoms with van der Waals surface area (Å²) in [5, 5.41) is 17.4. The molecule has 0 atom stereocenters. The van der Waals surface area contributed by atoms with Gasteiger partial charge in [0.2, 0.25) is 0 Å². The molecule has 1 aromatic carbocycles. The molecule has 1 aromatic rings. The lowest BCUT2D eigenvalue weighted by atomic mass is 10.2. The standard InChI is InChI=1S/C15H20N2O3/c1-12(2)17(8-7-15(18)19)9-10-20-14-5-3-13(11-16)4-6-14/h3-6,12H,7-10H2,1-2H3,(H,18,19). The van der Waals surface area contributed by atoms with E-state index in [0.29, 0.717) is 31.0 Å². The average Bonchev–Trinajstić information content (AvgIpc) is 2.42. The Hall–Kier alpha value is -2.06. The highest BCUT2D eigenvalue weighted by Crippen LogP contribution is 2.11. The van der Waals surface area contributed by atoms with Crippen molar-refractivity contribution in [1.29, 1.82) is 5.26 Å². The van der Waals surface area contributed by atoms with Gasteiger partial charge in [-0.05, 0) is 38.1 Å². The number of carboxylic acid groups (broad SMARTS) is 1. The third kappa shape index (κ3) is 5.72. The van der Waals surface area contributed by atoms with Crippen molar-refractivity contribution in [2.75, 3.05) is 19.7 Å². The van der Waals surface area contributed by atoms with Gasteiger partial charge in [-0.3, -0.25) is 9.69 Å². The van der Waals surface area contributed by atoms with E-state index in [2.05, 4.69) is 11.0 Å². The lowest BCUT2D eigenvalue weighted by Crippen LogP contribution is -2.36. The molecule has 0 aliphatic carbocycles. The minimum Gasteiger partial charge on any atom is -0.492 e. The normalized spacial score (nSPS) is 10.6. The number of benzene rings is 1. The Labute approximate surface area is 119 Å². The van der Waals surface area contributed by atoms with Crippen molar-refractivity contribution in [3.63, 3.8) is 0 Å². The van der Waals surface area contributed by atoms with Crippen LogP contribution in [0.4, 0.5) is 0 Å². The zero-order chi connectivity index (χ0) is 15.0. The molecule has 0 saturated heterocycles. The lowest BCUT2D eigenvalue weighted by molar-refractivity contribution is -0.137. The fourth-order valence-electron chi connectivity index (χ4n) is 1.77. The van der Waals surface area contributed by atoms with Gasteiger partial charge in [-0.15, -0.1) is 0 Å². The number of rotatable bonds is 8. The number of hydrogen-bond donors (Lipinski definition) is 1. The van der Waals surface area contributed by atoms with E-state index in [1.807, 2.05) is 13.8 Å². The summed E-state index contributed by atoms with van der Waals surface area (Å²) in [4.78, 5) is 12.7. The van der Waals surface area contributed by atoms with Crippen LogP contribution in [0.1, 0.15) is 25.8 Å². The summed E-state index contributed by atoms with van der Waals surface area (Å²) in [6.45, 7) is 5.74. The van der Waals surface area contributed by atoms with Gasteiger partial charge in [-0.1, -0.05) is 0 Å². The van der Waals surface area contributed by atoms with Gasteiger partial charge in [0.1, 0.15) is 12.4 Å². The second-order valence-corrected chi connectivity index (χ2v) is 4.76. The van der Waals surface area contributed by atoms with Gasteiger partial charge in [0, 0.05) is 19.1 Å². The summed E-state index contributed by atoms with van der Waals surface area (Å²) in [6.07, 6.45) is 0.134. The van der Waals surface area contributed by atoms with Gasteiger partial charge in [-0.2, -0.15) is 5.26 Å². The first-order chi connectivity index (χ1) is 9.52. The summed E-state index contributed by atoms with van der Waals surface area (Å²) < 4.78 is 5.59. The molecule has 0 unspecified atom stereocenters. The molecule has 5 heteroatoms. The molecule has 1 N–H and O–H groups in total. The summed E-state index contributed by atoms with van der Waals surface area (Å²) in [5.74, 6) is -0.0744. The highest BCUT2D eigenvalue weighted by molar-refractivity contribution is 5.66. The van der Waals surface area contributed by atoms with Crippen LogP contribution in [0, 0.1) is 11.3 Å². The topological polar surface area (TPSA) is 73.6 Å². The van der Waals surface area contributed by atoms with E-state index in [0.717, 1.165) is 0 Å². The first kappa shape index (κ1) is 16.0. The Morgan fingerprint density at radius 3 is 2.50 bits per heavy atom. The summed E-state index contributed by atoms with van der Waals surface area (Å²) in [5.41, 5.74) is 0.600. The molecule has 0 heterocycles. The Bertz CT molecular complexity index is 463. The van der Waals surface area contributed by atoms with Crippen LogP contribution in [0.5, 0.6) is 5.75 Å². The number of aliphatic carboxylic acids is 1. The Morgan fingerprint density at radius 1 is 1.35 bits per heavy atom. The third-order valence-corrected chi connectivity index (χ3v) is 2.97. The van der Waals surface area contributed by atoms with Crippen LogP contribution in [0.25, 0.3) is 0 Å². The summed E-state index contributed by atoms with van der Waals surface area (Å²) >= 11 is 0. The first-order valence-corrected chi connectivity index (χ1v) is 6.61. The zero-order valence-electron chi connectivity index (χ0n) is 11.9. The minimum atomic E-state index is -0.788. The van der Waals surface area contributed by atoms with Gasteiger partial charge in [0.25, 0.3) is 0 Å². The third-order valence-electron chi connectivity index (χ3n) is 2.97. The lowest BCUT2D eigenvalue weighted by Gasteiger charge is -2.25. The van der Waals surface area contributed by atoms with E-state index in [-0.39, 0.29) is 12.5 Å². The molecule has 0 aliphatic heterocycles. The smallest absolute Gasteiger partial charge is 0.304 e. The Morgan fingerprint density at radius 2 is 2.00 bits per heavy atom. The fraction of sp³-hybridized carbons (Fsp3) is 0.467. The van der Waals surface area contributed by atoms with Gasteiger partial charge < -0.3 is 9.84 Å². The Kier molecular flexibility index (Phi) is 6.54. The van der Waals surface area contributed by atoms with Gasteiger partial charge in [-0.25, -0.2) is 0 Å². The zero-order valence-corrected chi connectivity index (χ0v) is 11.9. The van der Waals surface area contributed by atoms with Crippen LogP contribution >= 0.6 is 0 Å².